The minimum absolute atomic E-state index is 0.862. The van der Waals surface area contributed by atoms with E-state index >= 15 is 0 Å². The van der Waals surface area contributed by atoms with E-state index < -0.39 is 0 Å². The molecule has 4 rings (SSSR count). The molecule has 0 spiro atoms. The topological polar surface area (TPSA) is 38.7 Å². The van der Waals surface area contributed by atoms with Crippen molar-refractivity contribution < 1.29 is 0 Å². The predicted octanol–water partition coefficient (Wildman–Crippen LogP) is 4.98. The van der Waals surface area contributed by atoms with Gasteiger partial charge in [-0.3, -0.25) is 9.97 Å². The van der Waals surface area contributed by atoms with E-state index in [1.165, 1.54) is 11.1 Å². The average Bonchev–Trinajstić information content (AvgIpc) is 2.65. The lowest BCUT2D eigenvalue weighted by atomic mass is 9.99. The third-order valence-electron chi connectivity index (χ3n) is 4.25. The highest BCUT2D eigenvalue weighted by molar-refractivity contribution is 5.93. The van der Waals surface area contributed by atoms with Crippen LogP contribution >= 0.6 is 0 Å². The van der Waals surface area contributed by atoms with Gasteiger partial charge >= 0.3 is 0 Å². The molecule has 3 heterocycles. The molecule has 3 aromatic heterocycles. The molecule has 116 valence electrons. The summed E-state index contributed by atoms with van der Waals surface area (Å²) in [5.74, 6) is 0. The molecule has 0 bridgehead atoms. The summed E-state index contributed by atoms with van der Waals surface area (Å²) in [4.78, 5) is 14.0. The maximum absolute atomic E-state index is 4.98. The zero-order chi connectivity index (χ0) is 16.5. The van der Waals surface area contributed by atoms with Crippen LogP contribution in [-0.4, -0.2) is 15.0 Å². The largest absolute Gasteiger partial charge is 0.256 e. The highest BCUT2D eigenvalue weighted by atomic mass is 14.8. The molecule has 0 atom stereocenters. The molecular formula is C21H17N3. The number of nitrogens with zero attached hydrogens (tertiary/aromatic N) is 3. The molecule has 0 amide bonds. The van der Waals surface area contributed by atoms with Gasteiger partial charge in [0.25, 0.3) is 0 Å². The normalized spacial score (nSPS) is 10.9. The molecular weight excluding hydrogens is 294 g/mol. The number of hydrogen-bond acceptors (Lipinski definition) is 3. The van der Waals surface area contributed by atoms with Crippen LogP contribution in [-0.2, 0) is 0 Å². The second kappa shape index (κ2) is 5.85. The Bertz CT molecular complexity index is 925. The molecule has 0 aliphatic carbocycles. The Morgan fingerprint density at radius 2 is 1.38 bits per heavy atom. The van der Waals surface area contributed by atoms with Crippen molar-refractivity contribution in [2.45, 2.75) is 13.8 Å². The van der Waals surface area contributed by atoms with Gasteiger partial charge in [0.1, 0.15) is 0 Å². The molecule has 3 heteroatoms. The summed E-state index contributed by atoms with van der Waals surface area (Å²) < 4.78 is 0. The van der Waals surface area contributed by atoms with E-state index in [1.54, 1.807) is 6.20 Å². The number of fused-ring (bicyclic) bond motifs is 1. The van der Waals surface area contributed by atoms with Gasteiger partial charge in [-0.2, -0.15) is 0 Å². The molecule has 0 radical (unpaired) electrons. The summed E-state index contributed by atoms with van der Waals surface area (Å²) in [6.07, 6.45) is 3.61. The molecule has 4 aromatic rings. The SMILES string of the molecule is Cc1ccc(C)c2nc(-c3ccccn3)c(-c3ccccn3)cc12. The Morgan fingerprint density at radius 3 is 2.04 bits per heavy atom. The van der Waals surface area contributed by atoms with Gasteiger partial charge < -0.3 is 0 Å². The zero-order valence-electron chi connectivity index (χ0n) is 13.7. The van der Waals surface area contributed by atoms with E-state index in [4.69, 9.17) is 4.98 Å². The van der Waals surface area contributed by atoms with Crippen molar-refractivity contribution in [3.8, 4) is 22.6 Å². The average molecular weight is 311 g/mol. The first-order valence-electron chi connectivity index (χ1n) is 7.98. The van der Waals surface area contributed by atoms with Crippen LogP contribution in [0, 0.1) is 13.8 Å². The molecule has 1 aromatic carbocycles. The summed E-state index contributed by atoms with van der Waals surface area (Å²) in [5, 5.41) is 1.16. The van der Waals surface area contributed by atoms with Crippen molar-refractivity contribution in [1.82, 2.24) is 15.0 Å². The highest BCUT2D eigenvalue weighted by Gasteiger charge is 2.14. The fraction of sp³-hybridized carbons (Fsp3) is 0.0952. The summed E-state index contributed by atoms with van der Waals surface area (Å²) in [7, 11) is 0. The van der Waals surface area contributed by atoms with Crippen molar-refractivity contribution in [3.63, 3.8) is 0 Å². The quantitative estimate of drug-likeness (QED) is 0.524. The van der Waals surface area contributed by atoms with Crippen LogP contribution in [0.4, 0.5) is 0 Å². The van der Waals surface area contributed by atoms with Gasteiger partial charge in [-0.1, -0.05) is 24.3 Å². The lowest BCUT2D eigenvalue weighted by Gasteiger charge is -2.13. The second-order valence-corrected chi connectivity index (χ2v) is 5.91. The maximum Gasteiger partial charge on any atom is 0.0987 e. The Kier molecular flexibility index (Phi) is 3.54. The van der Waals surface area contributed by atoms with Crippen LogP contribution in [0.1, 0.15) is 11.1 Å². The second-order valence-electron chi connectivity index (χ2n) is 5.91. The summed E-state index contributed by atoms with van der Waals surface area (Å²) >= 11 is 0. The van der Waals surface area contributed by atoms with Crippen molar-refractivity contribution in [1.29, 1.82) is 0 Å². The standard InChI is InChI=1S/C21H17N3/c1-14-9-10-15(2)20-16(14)13-17(18-7-3-5-11-22-18)21(24-20)19-8-4-6-12-23-19/h3-13H,1-2H3. The van der Waals surface area contributed by atoms with Gasteiger partial charge in [-0.25, -0.2) is 4.98 Å². The van der Waals surface area contributed by atoms with Crippen LogP contribution in [0.15, 0.2) is 67.0 Å². The van der Waals surface area contributed by atoms with Crippen molar-refractivity contribution in [2.75, 3.05) is 0 Å². The smallest absolute Gasteiger partial charge is 0.0987 e. The van der Waals surface area contributed by atoms with Crippen LogP contribution in [0.3, 0.4) is 0 Å². The first-order valence-corrected chi connectivity index (χ1v) is 7.98. The number of benzene rings is 1. The summed E-state index contributed by atoms with van der Waals surface area (Å²) in [6.45, 7) is 4.21. The van der Waals surface area contributed by atoms with Crippen LogP contribution in [0.5, 0.6) is 0 Å². The molecule has 0 saturated carbocycles. The molecule has 0 saturated heterocycles. The van der Waals surface area contributed by atoms with E-state index in [0.29, 0.717) is 0 Å². The van der Waals surface area contributed by atoms with Crippen molar-refractivity contribution in [2.24, 2.45) is 0 Å². The van der Waals surface area contributed by atoms with E-state index in [2.05, 4.69) is 42.0 Å². The number of aromatic nitrogens is 3. The van der Waals surface area contributed by atoms with Gasteiger partial charge in [-0.15, -0.1) is 0 Å². The van der Waals surface area contributed by atoms with Crippen LogP contribution < -0.4 is 0 Å². The van der Waals surface area contributed by atoms with Gasteiger partial charge in [0.05, 0.1) is 22.6 Å². The molecule has 24 heavy (non-hydrogen) atoms. The van der Waals surface area contributed by atoms with Crippen molar-refractivity contribution >= 4 is 10.9 Å². The number of rotatable bonds is 2. The Balaban J connectivity index is 2.10. The Hall–Kier alpha value is -3.07. The fourth-order valence-corrected chi connectivity index (χ4v) is 2.95. The lowest BCUT2D eigenvalue weighted by molar-refractivity contribution is 1.25. The molecule has 0 aliphatic rings. The zero-order valence-corrected chi connectivity index (χ0v) is 13.7. The van der Waals surface area contributed by atoms with Crippen molar-refractivity contribution in [3.05, 3.63) is 78.1 Å². The number of hydrogen-bond donors (Lipinski definition) is 0. The third-order valence-corrected chi connectivity index (χ3v) is 4.25. The molecule has 0 fully saturated rings. The van der Waals surface area contributed by atoms with E-state index in [-0.39, 0.29) is 0 Å². The number of aryl methyl sites for hydroxylation is 2. The van der Waals surface area contributed by atoms with Gasteiger partial charge in [-0.05, 0) is 55.3 Å². The van der Waals surface area contributed by atoms with Crippen LogP contribution in [0.25, 0.3) is 33.5 Å². The first-order chi connectivity index (χ1) is 11.7. The summed E-state index contributed by atoms with van der Waals surface area (Å²) in [6, 6.07) is 18.3. The van der Waals surface area contributed by atoms with Gasteiger partial charge in [0.2, 0.25) is 0 Å². The monoisotopic (exact) mass is 311 g/mol. The van der Waals surface area contributed by atoms with Gasteiger partial charge in [0.15, 0.2) is 0 Å². The molecule has 3 nitrogen and oxygen atoms in total. The van der Waals surface area contributed by atoms with Gasteiger partial charge in [0, 0.05) is 23.3 Å². The summed E-state index contributed by atoms with van der Waals surface area (Å²) in [5.41, 5.74) is 7.06. The molecule has 0 aliphatic heterocycles. The van der Waals surface area contributed by atoms with E-state index in [9.17, 15) is 0 Å². The minimum Gasteiger partial charge on any atom is -0.256 e. The van der Waals surface area contributed by atoms with Crippen LogP contribution in [0.2, 0.25) is 0 Å². The highest BCUT2D eigenvalue weighted by Crippen LogP contribution is 2.33. The first kappa shape index (κ1) is 14.5. The predicted molar refractivity (Wildman–Crippen MR) is 97.7 cm³/mol. The Labute approximate surface area is 141 Å². The maximum atomic E-state index is 4.98. The number of pyridine rings is 3. The molecule has 0 unspecified atom stereocenters. The fourth-order valence-electron chi connectivity index (χ4n) is 2.95. The third kappa shape index (κ3) is 2.44. The van der Waals surface area contributed by atoms with E-state index in [1.807, 2.05) is 42.6 Å². The molecule has 0 N–H and O–H groups in total. The Morgan fingerprint density at radius 1 is 0.708 bits per heavy atom. The lowest BCUT2D eigenvalue weighted by Crippen LogP contribution is -1.96. The minimum atomic E-state index is 0.862. The van der Waals surface area contributed by atoms with E-state index in [0.717, 1.165) is 33.5 Å².